The number of hydrogen-bond acceptors (Lipinski definition) is 4. The third-order valence-corrected chi connectivity index (χ3v) is 3.42. The Bertz CT molecular complexity index is 610. The van der Waals surface area contributed by atoms with Crippen molar-refractivity contribution in [2.75, 3.05) is 12.4 Å². The number of nitrogens with one attached hydrogen (secondary N) is 1. The Morgan fingerprint density at radius 3 is 2.48 bits per heavy atom. The SMILES string of the molecule is CC(C)C[C@H](N)C(=O)Nc1ccc2c(c1)C(=O)N(C)C2=O. The molecular weight excluding hydrogens is 270 g/mol. The van der Waals surface area contributed by atoms with E-state index in [1.165, 1.54) is 13.1 Å². The van der Waals surface area contributed by atoms with Crippen molar-refractivity contribution < 1.29 is 14.4 Å². The number of rotatable bonds is 4. The molecular formula is C15H19N3O3. The molecule has 0 saturated carbocycles. The second kappa shape index (κ2) is 5.65. The average Bonchev–Trinajstić information content (AvgIpc) is 2.63. The molecule has 0 radical (unpaired) electrons. The normalized spacial score (nSPS) is 15.4. The van der Waals surface area contributed by atoms with Crippen LogP contribution in [-0.2, 0) is 4.79 Å². The number of amides is 3. The molecule has 1 aliphatic rings. The predicted molar refractivity (Wildman–Crippen MR) is 78.9 cm³/mol. The van der Waals surface area contributed by atoms with Gasteiger partial charge in [0.2, 0.25) is 5.91 Å². The van der Waals surface area contributed by atoms with Gasteiger partial charge in [0.05, 0.1) is 17.2 Å². The van der Waals surface area contributed by atoms with E-state index in [2.05, 4.69) is 5.32 Å². The van der Waals surface area contributed by atoms with Gasteiger partial charge in [-0.2, -0.15) is 0 Å². The van der Waals surface area contributed by atoms with Gasteiger partial charge in [0.15, 0.2) is 0 Å². The van der Waals surface area contributed by atoms with E-state index in [1.807, 2.05) is 13.8 Å². The summed E-state index contributed by atoms with van der Waals surface area (Å²) in [7, 11) is 1.43. The van der Waals surface area contributed by atoms with E-state index in [-0.39, 0.29) is 17.7 Å². The third kappa shape index (κ3) is 2.95. The van der Waals surface area contributed by atoms with E-state index in [9.17, 15) is 14.4 Å². The number of anilines is 1. The van der Waals surface area contributed by atoms with Crippen LogP contribution in [-0.4, -0.2) is 35.7 Å². The van der Waals surface area contributed by atoms with Crippen molar-refractivity contribution in [3.8, 4) is 0 Å². The van der Waals surface area contributed by atoms with Crippen molar-refractivity contribution in [3.63, 3.8) is 0 Å². The second-order valence-electron chi connectivity index (χ2n) is 5.65. The van der Waals surface area contributed by atoms with Crippen LogP contribution >= 0.6 is 0 Å². The molecule has 1 heterocycles. The maximum Gasteiger partial charge on any atom is 0.261 e. The lowest BCUT2D eigenvalue weighted by atomic mass is 10.0. The Hall–Kier alpha value is -2.21. The molecule has 6 nitrogen and oxygen atoms in total. The minimum absolute atomic E-state index is 0.297. The number of imide groups is 1. The van der Waals surface area contributed by atoms with E-state index in [0.717, 1.165) is 4.90 Å². The fraction of sp³-hybridized carbons (Fsp3) is 0.400. The minimum atomic E-state index is -0.599. The van der Waals surface area contributed by atoms with Crippen LogP contribution in [0.4, 0.5) is 5.69 Å². The van der Waals surface area contributed by atoms with Crippen LogP contribution in [0.5, 0.6) is 0 Å². The second-order valence-corrected chi connectivity index (χ2v) is 5.65. The van der Waals surface area contributed by atoms with Gasteiger partial charge in [0, 0.05) is 12.7 Å². The zero-order chi connectivity index (χ0) is 15.7. The number of hydrogen-bond donors (Lipinski definition) is 2. The summed E-state index contributed by atoms with van der Waals surface area (Å²) in [6.45, 7) is 3.98. The fourth-order valence-electron chi connectivity index (χ4n) is 2.29. The molecule has 2 rings (SSSR count). The molecule has 0 fully saturated rings. The maximum atomic E-state index is 12.0. The molecule has 0 bridgehead atoms. The average molecular weight is 289 g/mol. The summed E-state index contributed by atoms with van der Waals surface area (Å²) in [6.07, 6.45) is 0.580. The molecule has 0 unspecified atom stereocenters. The summed E-state index contributed by atoms with van der Waals surface area (Å²) >= 11 is 0. The van der Waals surface area contributed by atoms with Crippen molar-refractivity contribution in [2.45, 2.75) is 26.3 Å². The lowest BCUT2D eigenvalue weighted by Gasteiger charge is -2.14. The van der Waals surface area contributed by atoms with Crippen LogP contribution in [0, 0.1) is 5.92 Å². The number of fused-ring (bicyclic) bond motifs is 1. The molecule has 0 aromatic heterocycles. The van der Waals surface area contributed by atoms with Gasteiger partial charge < -0.3 is 11.1 Å². The van der Waals surface area contributed by atoms with E-state index in [0.29, 0.717) is 29.2 Å². The highest BCUT2D eigenvalue weighted by Crippen LogP contribution is 2.24. The van der Waals surface area contributed by atoms with Crippen molar-refractivity contribution in [3.05, 3.63) is 29.3 Å². The fourth-order valence-corrected chi connectivity index (χ4v) is 2.29. The van der Waals surface area contributed by atoms with Crippen molar-refractivity contribution >= 4 is 23.4 Å². The van der Waals surface area contributed by atoms with E-state index < -0.39 is 6.04 Å². The van der Waals surface area contributed by atoms with Crippen LogP contribution in [0.3, 0.4) is 0 Å². The Kier molecular flexibility index (Phi) is 4.09. The molecule has 1 aromatic rings. The highest BCUT2D eigenvalue weighted by atomic mass is 16.2. The Morgan fingerprint density at radius 2 is 1.86 bits per heavy atom. The van der Waals surface area contributed by atoms with E-state index in [1.54, 1.807) is 12.1 Å². The molecule has 0 saturated heterocycles. The molecule has 112 valence electrons. The van der Waals surface area contributed by atoms with Crippen molar-refractivity contribution in [1.82, 2.24) is 4.90 Å². The van der Waals surface area contributed by atoms with Crippen molar-refractivity contribution in [2.24, 2.45) is 11.7 Å². The molecule has 1 atom stereocenters. The number of carbonyl (C=O) groups excluding carboxylic acids is 3. The monoisotopic (exact) mass is 289 g/mol. The van der Waals surface area contributed by atoms with Gasteiger partial charge in [-0.05, 0) is 30.5 Å². The first-order valence-electron chi connectivity index (χ1n) is 6.84. The van der Waals surface area contributed by atoms with Gasteiger partial charge in [0.25, 0.3) is 11.8 Å². The third-order valence-electron chi connectivity index (χ3n) is 3.42. The lowest BCUT2D eigenvalue weighted by molar-refractivity contribution is -0.117. The summed E-state index contributed by atoms with van der Waals surface area (Å²) in [5, 5.41) is 2.68. The van der Waals surface area contributed by atoms with Crippen LogP contribution in [0.1, 0.15) is 41.0 Å². The number of nitrogens with two attached hydrogens (primary N) is 1. The lowest BCUT2D eigenvalue weighted by Crippen LogP contribution is -2.36. The molecule has 3 amide bonds. The Balaban J connectivity index is 2.16. The molecule has 6 heteroatoms. The molecule has 21 heavy (non-hydrogen) atoms. The molecule has 3 N–H and O–H groups in total. The summed E-state index contributed by atoms with van der Waals surface area (Å²) < 4.78 is 0. The first-order chi connectivity index (χ1) is 9.81. The largest absolute Gasteiger partial charge is 0.325 e. The first kappa shape index (κ1) is 15.2. The topological polar surface area (TPSA) is 92.5 Å². The summed E-state index contributed by atoms with van der Waals surface area (Å²) in [5.74, 6) is -0.672. The number of benzene rings is 1. The van der Waals surface area contributed by atoms with Gasteiger partial charge in [-0.15, -0.1) is 0 Å². The standard InChI is InChI=1S/C15H19N3O3/c1-8(2)6-12(16)13(19)17-9-4-5-10-11(7-9)15(21)18(3)14(10)20/h4-5,7-8,12H,6,16H2,1-3H3,(H,17,19)/t12-/m0/s1. The molecule has 1 aromatic carbocycles. The van der Waals surface area contributed by atoms with Gasteiger partial charge >= 0.3 is 0 Å². The zero-order valence-corrected chi connectivity index (χ0v) is 12.3. The van der Waals surface area contributed by atoms with E-state index >= 15 is 0 Å². The van der Waals surface area contributed by atoms with Crippen LogP contribution in [0.15, 0.2) is 18.2 Å². The quantitative estimate of drug-likeness (QED) is 0.815. The molecule has 0 spiro atoms. The van der Waals surface area contributed by atoms with Crippen LogP contribution in [0.2, 0.25) is 0 Å². The molecule has 1 aliphatic heterocycles. The summed E-state index contributed by atoms with van der Waals surface area (Å²) in [6, 6.07) is 4.06. The van der Waals surface area contributed by atoms with Crippen LogP contribution < -0.4 is 11.1 Å². The first-order valence-corrected chi connectivity index (χ1v) is 6.84. The van der Waals surface area contributed by atoms with Crippen molar-refractivity contribution in [1.29, 1.82) is 0 Å². The Labute approximate surface area is 123 Å². The zero-order valence-electron chi connectivity index (χ0n) is 12.3. The number of carbonyl (C=O) groups is 3. The van der Waals surface area contributed by atoms with Gasteiger partial charge in [0.1, 0.15) is 0 Å². The smallest absolute Gasteiger partial charge is 0.261 e. The van der Waals surface area contributed by atoms with Crippen LogP contribution in [0.25, 0.3) is 0 Å². The predicted octanol–water partition coefficient (Wildman–Crippen LogP) is 1.22. The van der Waals surface area contributed by atoms with Gasteiger partial charge in [-0.3, -0.25) is 19.3 Å². The highest BCUT2D eigenvalue weighted by Gasteiger charge is 2.32. The maximum absolute atomic E-state index is 12.0. The Morgan fingerprint density at radius 1 is 1.24 bits per heavy atom. The molecule has 0 aliphatic carbocycles. The summed E-state index contributed by atoms with van der Waals surface area (Å²) in [4.78, 5) is 36.7. The van der Waals surface area contributed by atoms with Gasteiger partial charge in [-0.25, -0.2) is 0 Å². The highest BCUT2D eigenvalue weighted by molar-refractivity contribution is 6.21. The summed E-state index contributed by atoms with van der Waals surface area (Å²) in [5.41, 5.74) is 6.93. The number of nitrogens with zero attached hydrogens (tertiary/aromatic N) is 1. The minimum Gasteiger partial charge on any atom is -0.325 e. The van der Waals surface area contributed by atoms with E-state index in [4.69, 9.17) is 5.73 Å². The van der Waals surface area contributed by atoms with Gasteiger partial charge in [-0.1, -0.05) is 13.8 Å².